The van der Waals surface area contributed by atoms with Gasteiger partial charge in [-0.2, -0.15) is 0 Å². The highest BCUT2D eigenvalue weighted by Gasteiger charge is 2.29. The van der Waals surface area contributed by atoms with Gasteiger partial charge in [-0.1, -0.05) is 0 Å². The summed E-state index contributed by atoms with van der Waals surface area (Å²) in [5, 5.41) is 0. The standard InChI is InChI=1S/C8H19N2/c1-8(2)9-5-6-10(3,4)7-9/h8H,5-7H2,1-4H3/q+1. The van der Waals surface area contributed by atoms with Crippen LogP contribution in [0.4, 0.5) is 0 Å². The molecule has 1 rings (SSSR count). The quantitative estimate of drug-likeness (QED) is 0.489. The van der Waals surface area contributed by atoms with Crippen LogP contribution in [0.1, 0.15) is 13.8 Å². The van der Waals surface area contributed by atoms with Gasteiger partial charge in [-0.3, -0.25) is 0 Å². The van der Waals surface area contributed by atoms with Crippen molar-refractivity contribution in [2.24, 2.45) is 0 Å². The molecule has 0 N–H and O–H groups in total. The van der Waals surface area contributed by atoms with Crippen molar-refractivity contribution in [3.05, 3.63) is 0 Å². The first-order chi connectivity index (χ1) is 4.51. The molecule has 0 spiro atoms. The number of hydrogen-bond acceptors (Lipinski definition) is 1. The van der Waals surface area contributed by atoms with Crippen LogP contribution in [0, 0.1) is 0 Å². The summed E-state index contributed by atoms with van der Waals surface area (Å²) in [6, 6.07) is 0.722. The van der Waals surface area contributed by atoms with Crippen LogP contribution in [0.25, 0.3) is 0 Å². The zero-order valence-corrected chi connectivity index (χ0v) is 7.59. The number of nitrogens with zero attached hydrogens (tertiary/aromatic N) is 2. The molecule has 0 aromatic rings. The molecule has 10 heavy (non-hydrogen) atoms. The van der Waals surface area contributed by atoms with E-state index in [0.29, 0.717) is 0 Å². The molecule has 0 aromatic carbocycles. The average Bonchev–Trinajstić information content (AvgIpc) is 2.10. The molecule has 0 saturated carbocycles. The molecule has 60 valence electrons. The summed E-state index contributed by atoms with van der Waals surface area (Å²) in [7, 11) is 4.59. The first kappa shape index (κ1) is 8.02. The van der Waals surface area contributed by atoms with Gasteiger partial charge in [0.2, 0.25) is 0 Å². The molecule has 0 atom stereocenters. The van der Waals surface area contributed by atoms with Gasteiger partial charge in [0.1, 0.15) is 6.67 Å². The second-order valence-electron chi connectivity index (χ2n) is 4.21. The maximum Gasteiger partial charge on any atom is 0.135 e. The van der Waals surface area contributed by atoms with Gasteiger partial charge in [0.15, 0.2) is 0 Å². The van der Waals surface area contributed by atoms with E-state index in [1.54, 1.807) is 0 Å². The van der Waals surface area contributed by atoms with E-state index in [2.05, 4.69) is 32.8 Å². The topological polar surface area (TPSA) is 3.24 Å². The SMILES string of the molecule is CC(C)N1CC[N+](C)(C)C1. The highest BCUT2D eigenvalue weighted by Crippen LogP contribution is 2.12. The number of rotatable bonds is 1. The van der Waals surface area contributed by atoms with Crippen molar-refractivity contribution in [3.63, 3.8) is 0 Å². The summed E-state index contributed by atoms with van der Waals surface area (Å²) in [5.74, 6) is 0. The Bertz CT molecular complexity index is 118. The van der Waals surface area contributed by atoms with E-state index < -0.39 is 0 Å². The predicted molar refractivity (Wildman–Crippen MR) is 43.7 cm³/mol. The van der Waals surface area contributed by atoms with Crippen LogP contribution < -0.4 is 0 Å². The molecule has 1 aliphatic rings. The third-order valence-electron chi connectivity index (χ3n) is 2.29. The second kappa shape index (κ2) is 2.51. The zero-order chi connectivity index (χ0) is 7.78. The zero-order valence-electron chi connectivity index (χ0n) is 7.59. The van der Waals surface area contributed by atoms with E-state index in [1.165, 1.54) is 19.8 Å². The van der Waals surface area contributed by atoms with Gasteiger partial charge in [0.05, 0.1) is 27.2 Å². The minimum Gasteiger partial charge on any atom is -0.315 e. The van der Waals surface area contributed by atoms with Gasteiger partial charge < -0.3 is 4.48 Å². The highest BCUT2D eigenvalue weighted by molar-refractivity contribution is 4.63. The summed E-state index contributed by atoms with van der Waals surface area (Å²) < 4.78 is 1.16. The lowest BCUT2D eigenvalue weighted by Crippen LogP contribution is -2.39. The monoisotopic (exact) mass is 143 g/mol. The minimum absolute atomic E-state index is 0.722. The van der Waals surface area contributed by atoms with Gasteiger partial charge >= 0.3 is 0 Å². The Kier molecular flexibility index (Phi) is 2.02. The molecule has 1 fully saturated rings. The first-order valence-corrected chi connectivity index (χ1v) is 4.07. The molecule has 0 unspecified atom stereocenters. The normalized spacial score (nSPS) is 26.1. The fourth-order valence-electron chi connectivity index (χ4n) is 1.45. The van der Waals surface area contributed by atoms with Crippen LogP contribution in [0.3, 0.4) is 0 Å². The summed E-state index contributed by atoms with van der Waals surface area (Å²) in [5.41, 5.74) is 0. The van der Waals surface area contributed by atoms with Crippen LogP contribution in [0.5, 0.6) is 0 Å². The molecule has 0 amide bonds. The van der Waals surface area contributed by atoms with E-state index in [9.17, 15) is 0 Å². The van der Waals surface area contributed by atoms with Crippen molar-refractivity contribution in [2.75, 3.05) is 33.9 Å². The third kappa shape index (κ3) is 1.70. The third-order valence-corrected chi connectivity index (χ3v) is 2.29. The van der Waals surface area contributed by atoms with Crippen LogP contribution in [-0.4, -0.2) is 49.3 Å². The van der Waals surface area contributed by atoms with E-state index in [4.69, 9.17) is 0 Å². The highest BCUT2D eigenvalue weighted by atomic mass is 15.5. The fourth-order valence-corrected chi connectivity index (χ4v) is 1.45. The Morgan fingerprint density at radius 3 is 2.10 bits per heavy atom. The van der Waals surface area contributed by atoms with Crippen LogP contribution in [0.2, 0.25) is 0 Å². The lowest BCUT2D eigenvalue weighted by Gasteiger charge is -2.25. The minimum atomic E-state index is 0.722. The predicted octanol–water partition coefficient (Wildman–Crippen LogP) is 0.744. The van der Waals surface area contributed by atoms with Crippen molar-refractivity contribution < 1.29 is 4.48 Å². The molecule has 0 aliphatic carbocycles. The average molecular weight is 143 g/mol. The first-order valence-electron chi connectivity index (χ1n) is 4.07. The van der Waals surface area contributed by atoms with E-state index in [1.807, 2.05) is 0 Å². The fraction of sp³-hybridized carbons (Fsp3) is 1.00. The number of likely N-dealkylation sites (N-methyl/N-ethyl adjacent to an activating group) is 1. The molecule has 2 heteroatoms. The maximum atomic E-state index is 2.53. The van der Waals surface area contributed by atoms with Crippen LogP contribution in [-0.2, 0) is 0 Å². The number of hydrogen-bond donors (Lipinski definition) is 0. The smallest absolute Gasteiger partial charge is 0.135 e. The van der Waals surface area contributed by atoms with Crippen LogP contribution >= 0.6 is 0 Å². The van der Waals surface area contributed by atoms with Gasteiger partial charge in [0.25, 0.3) is 0 Å². The Labute approximate surface area is 64.0 Å². The van der Waals surface area contributed by atoms with Crippen molar-refractivity contribution in [1.29, 1.82) is 0 Å². The summed E-state index contributed by atoms with van der Waals surface area (Å²) in [4.78, 5) is 2.53. The van der Waals surface area contributed by atoms with Crippen molar-refractivity contribution in [3.8, 4) is 0 Å². The van der Waals surface area contributed by atoms with Crippen molar-refractivity contribution in [2.45, 2.75) is 19.9 Å². The number of quaternary nitrogens is 1. The summed E-state index contributed by atoms with van der Waals surface area (Å²) in [6.45, 7) is 8.33. The lowest BCUT2D eigenvalue weighted by atomic mass is 10.3. The van der Waals surface area contributed by atoms with Gasteiger partial charge in [0, 0.05) is 6.04 Å². The van der Waals surface area contributed by atoms with Gasteiger partial charge in [-0.05, 0) is 13.8 Å². The molecule has 1 aliphatic heterocycles. The van der Waals surface area contributed by atoms with Gasteiger partial charge in [-0.25, -0.2) is 4.90 Å². The maximum absolute atomic E-state index is 2.53. The molecule has 0 radical (unpaired) electrons. The summed E-state index contributed by atoms with van der Waals surface area (Å²) >= 11 is 0. The van der Waals surface area contributed by atoms with E-state index in [-0.39, 0.29) is 0 Å². The van der Waals surface area contributed by atoms with E-state index >= 15 is 0 Å². The Balaban J connectivity index is 2.43. The Morgan fingerprint density at radius 1 is 1.30 bits per heavy atom. The second-order valence-corrected chi connectivity index (χ2v) is 4.21. The molecule has 2 nitrogen and oxygen atoms in total. The molecule has 0 aromatic heterocycles. The molecule has 1 saturated heterocycles. The molecule has 0 bridgehead atoms. The molecular formula is C8H19N2+. The summed E-state index contributed by atoms with van der Waals surface area (Å²) in [6.07, 6.45) is 0. The van der Waals surface area contributed by atoms with Crippen molar-refractivity contribution in [1.82, 2.24) is 4.90 Å². The van der Waals surface area contributed by atoms with Crippen LogP contribution in [0.15, 0.2) is 0 Å². The van der Waals surface area contributed by atoms with Crippen molar-refractivity contribution >= 4 is 0 Å². The van der Waals surface area contributed by atoms with E-state index in [0.717, 1.165) is 10.5 Å². The van der Waals surface area contributed by atoms with Gasteiger partial charge in [-0.15, -0.1) is 0 Å². The molecule has 1 heterocycles. The Morgan fingerprint density at radius 2 is 1.90 bits per heavy atom. The largest absolute Gasteiger partial charge is 0.315 e. The lowest BCUT2D eigenvalue weighted by molar-refractivity contribution is -0.882. The molecular weight excluding hydrogens is 124 g/mol. The Hall–Kier alpha value is -0.0800.